The summed E-state index contributed by atoms with van der Waals surface area (Å²) < 4.78 is 7.67. The highest BCUT2D eigenvalue weighted by Gasteiger charge is 2.02. The molecule has 0 unspecified atom stereocenters. The molecule has 0 saturated carbocycles. The quantitative estimate of drug-likeness (QED) is 0.332. The van der Waals surface area contributed by atoms with Gasteiger partial charge in [-0.2, -0.15) is 0 Å². The van der Waals surface area contributed by atoms with Gasteiger partial charge in [0.15, 0.2) is 5.96 Å². The minimum Gasteiger partial charge on any atom is -0.494 e. The fourth-order valence-corrected chi connectivity index (χ4v) is 2.77. The molecule has 0 atom stereocenters. The average molecular weight is 393 g/mol. The van der Waals surface area contributed by atoms with Gasteiger partial charge in [0.2, 0.25) is 0 Å². The Morgan fingerprint density at radius 3 is 2.66 bits per heavy atom. The van der Waals surface area contributed by atoms with Gasteiger partial charge in [0.05, 0.1) is 13.2 Å². The van der Waals surface area contributed by atoms with Crippen molar-refractivity contribution >= 4 is 5.96 Å². The van der Waals surface area contributed by atoms with Gasteiger partial charge in [-0.25, -0.2) is 15.0 Å². The van der Waals surface area contributed by atoms with Gasteiger partial charge in [-0.05, 0) is 44.0 Å². The minimum absolute atomic E-state index is 0.562. The van der Waals surface area contributed by atoms with Crippen molar-refractivity contribution in [3.63, 3.8) is 0 Å². The topological polar surface area (TPSA) is 76.4 Å². The lowest BCUT2D eigenvalue weighted by atomic mass is 10.3. The van der Waals surface area contributed by atoms with Crippen molar-refractivity contribution in [1.29, 1.82) is 0 Å². The molecule has 0 radical (unpaired) electrons. The number of hydrogen-bond donors (Lipinski definition) is 2. The van der Waals surface area contributed by atoms with E-state index in [9.17, 15) is 0 Å². The standard InChI is InChI=1S/C22H28N6O/c1-3-23-22(25-12-7-15-29-20-8-5-4-6-9-20)27-17-19-10-11-21(26-16-19)28-14-13-24-18(28)2/h4-6,8-11,13-14,16H,3,7,12,15,17H2,1-2H3,(H2,23,25,27). The first-order valence-electron chi connectivity index (χ1n) is 9.91. The Hall–Kier alpha value is -3.35. The highest BCUT2D eigenvalue weighted by Crippen LogP contribution is 2.09. The van der Waals surface area contributed by atoms with Crippen LogP contribution in [0, 0.1) is 6.92 Å². The van der Waals surface area contributed by atoms with E-state index in [4.69, 9.17) is 4.74 Å². The molecule has 2 N–H and O–H groups in total. The molecule has 0 bridgehead atoms. The third-order valence-electron chi connectivity index (χ3n) is 4.27. The van der Waals surface area contributed by atoms with Crippen molar-refractivity contribution in [3.05, 3.63) is 72.4 Å². The van der Waals surface area contributed by atoms with Gasteiger partial charge < -0.3 is 15.4 Å². The lowest BCUT2D eigenvalue weighted by Gasteiger charge is -2.12. The number of hydrogen-bond acceptors (Lipinski definition) is 4. The Bertz CT molecular complexity index is 889. The lowest BCUT2D eigenvalue weighted by Crippen LogP contribution is -2.38. The Balaban J connectivity index is 1.46. The first-order valence-corrected chi connectivity index (χ1v) is 9.91. The van der Waals surface area contributed by atoms with Gasteiger partial charge in [-0.15, -0.1) is 0 Å². The Morgan fingerprint density at radius 2 is 1.97 bits per heavy atom. The number of rotatable bonds is 9. The van der Waals surface area contributed by atoms with Crippen LogP contribution in [-0.4, -0.2) is 40.2 Å². The van der Waals surface area contributed by atoms with Gasteiger partial charge in [0.1, 0.15) is 17.4 Å². The van der Waals surface area contributed by atoms with E-state index in [-0.39, 0.29) is 0 Å². The second-order valence-corrected chi connectivity index (χ2v) is 6.51. The van der Waals surface area contributed by atoms with Crippen molar-refractivity contribution in [2.24, 2.45) is 4.99 Å². The number of aliphatic imine (C=N–C) groups is 1. The van der Waals surface area contributed by atoms with Crippen molar-refractivity contribution in [2.75, 3.05) is 19.7 Å². The van der Waals surface area contributed by atoms with Crippen LogP contribution in [0.5, 0.6) is 5.75 Å². The normalized spacial score (nSPS) is 11.3. The summed E-state index contributed by atoms with van der Waals surface area (Å²) in [5.41, 5.74) is 1.05. The second-order valence-electron chi connectivity index (χ2n) is 6.51. The first kappa shape index (κ1) is 20.4. The van der Waals surface area contributed by atoms with E-state index in [0.717, 1.165) is 48.4 Å². The summed E-state index contributed by atoms with van der Waals surface area (Å²) in [5, 5.41) is 6.61. The molecular formula is C22H28N6O. The molecule has 0 amide bonds. The number of guanidine groups is 1. The number of aryl methyl sites for hydroxylation is 1. The minimum atomic E-state index is 0.562. The molecule has 0 aliphatic carbocycles. The molecule has 0 spiro atoms. The molecule has 0 aliphatic rings. The van der Waals surface area contributed by atoms with Crippen LogP contribution in [0.1, 0.15) is 24.7 Å². The van der Waals surface area contributed by atoms with E-state index < -0.39 is 0 Å². The molecule has 3 rings (SSSR count). The zero-order valence-corrected chi connectivity index (χ0v) is 17.0. The number of imidazole rings is 1. The Labute approximate surface area is 171 Å². The smallest absolute Gasteiger partial charge is 0.191 e. The van der Waals surface area contributed by atoms with Gasteiger partial charge in [-0.1, -0.05) is 24.3 Å². The van der Waals surface area contributed by atoms with E-state index >= 15 is 0 Å². The number of aromatic nitrogens is 3. The number of ether oxygens (including phenoxy) is 1. The molecule has 1 aromatic carbocycles. The number of nitrogens with zero attached hydrogens (tertiary/aromatic N) is 4. The highest BCUT2D eigenvalue weighted by molar-refractivity contribution is 5.79. The van der Waals surface area contributed by atoms with Crippen LogP contribution in [0.2, 0.25) is 0 Å². The second kappa shape index (κ2) is 10.8. The van der Waals surface area contributed by atoms with E-state index in [1.54, 1.807) is 6.20 Å². The largest absolute Gasteiger partial charge is 0.494 e. The molecule has 0 fully saturated rings. The highest BCUT2D eigenvalue weighted by atomic mass is 16.5. The van der Waals surface area contributed by atoms with Crippen LogP contribution in [0.25, 0.3) is 5.82 Å². The average Bonchev–Trinajstić information content (AvgIpc) is 3.18. The predicted octanol–water partition coefficient (Wildman–Crippen LogP) is 3.10. The van der Waals surface area contributed by atoms with Crippen molar-refractivity contribution in [1.82, 2.24) is 25.2 Å². The van der Waals surface area contributed by atoms with Crippen LogP contribution in [0.4, 0.5) is 0 Å². The lowest BCUT2D eigenvalue weighted by molar-refractivity contribution is 0.311. The molecule has 0 aliphatic heterocycles. The summed E-state index contributed by atoms with van der Waals surface area (Å²) in [6.07, 6.45) is 6.42. The predicted molar refractivity (Wildman–Crippen MR) is 115 cm³/mol. The Kier molecular flexibility index (Phi) is 7.63. The van der Waals surface area contributed by atoms with E-state index in [1.807, 2.05) is 66.3 Å². The van der Waals surface area contributed by atoms with Crippen molar-refractivity contribution < 1.29 is 4.74 Å². The van der Waals surface area contributed by atoms with Gasteiger partial charge in [0.25, 0.3) is 0 Å². The van der Waals surface area contributed by atoms with Crippen LogP contribution in [0.15, 0.2) is 66.0 Å². The van der Waals surface area contributed by atoms with Crippen LogP contribution < -0.4 is 15.4 Å². The van der Waals surface area contributed by atoms with Crippen molar-refractivity contribution in [2.45, 2.75) is 26.8 Å². The van der Waals surface area contributed by atoms with Crippen molar-refractivity contribution in [3.8, 4) is 11.6 Å². The maximum absolute atomic E-state index is 5.71. The summed E-state index contributed by atoms with van der Waals surface area (Å²) in [6.45, 7) is 6.83. The maximum atomic E-state index is 5.71. The molecule has 7 nitrogen and oxygen atoms in total. The third-order valence-corrected chi connectivity index (χ3v) is 4.27. The van der Waals surface area contributed by atoms with Crippen LogP contribution in [-0.2, 0) is 6.54 Å². The molecule has 0 saturated heterocycles. The summed E-state index contributed by atoms with van der Waals surface area (Å²) in [4.78, 5) is 13.4. The summed E-state index contributed by atoms with van der Waals surface area (Å²) in [7, 11) is 0. The molecule has 3 aromatic rings. The fraction of sp³-hybridized carbons (Fsp3) is 0.318. The molecule has 7 heteroatoms. The number of benzene rings is 1. The summed E-state index contributed by atoms with van der Waals surface area (Å²) >= 11 is 0. The zero-order valence-electron chi connectivity index (χ0n) is 17.0. The van der Waals surface area contributed by atoms with E-state index in [1.165, 1.54) is 0 Å². The molecule has 29 heavy (non-hydrogen) atoms. The third kappa shape index (κ3) is 6.34. The number of para-hydroxylation sites is 1. The molecule has 2 aromatic heterocycles. The number of pyridine rings is 1. The monoisotopic (exact) mass is 392 g/mol. The molecule has 152 valence electrons. The Morgan fingerprint density at radius 1 is 1.10 bits per heavy atom. The van der Waals surface area contributed by atoms with E-state index in [2.05, 4.69) is 32.5 Å². The van der Waals surface area contributed by atoms with Gasteiger partial charge in [-0.3, -0.25) is 4.57 Å². The first-order chi connectivity index (χ1) is 14.3. The van der Waals surface area contributed by atoms with Crippen LogP contribution >= 0.6 is 0 Å². The zero-order chi connectivity index (χ0) is 20.3. The molecular weight excluding hydrogens is 364 g/mol. The van der Waals surface area contributed by atoms with Crippen LogP contribution in [0.3, 0.4) is 0 Å². The maximum Gasteiger partial charge on any atom is 0.191 e. The number of nitrogens with one attached hydrogen (secondary N) is 2. The summed E-state index contributed by atoms with van der Waals surface area (Å²) in [6, 6.07) is 13.9. The van der Waals surface area contributed by atoms with Gasteiger partial charge >= 0.3 is 0 Å². The van der Waals surface area contributed by atoms with Gasteiger partial charge in [0, 0.05) is 31.7 Å². The van der Waals surface area contributed by atoms with E-state index in [0.29, 0.717) is 13.2 Å². The summed E-state index contributed by atoms with van der Waals surface area (Å²) in [5.74, 6) is 3.46. The SMILES string of the molecule is CCNC(=NCc1ccc(-n2ccnc2C)nc1)NCCCOc1ccccc1. The fourth-order valence-electron chi connectivity index (χ4n) is 2.77. The molecule has 2 heterocycles.